The summed E-state index contributed by atoms with van der Waals surface area (Å²) in [6.07, 6.45) is 1.80. The number of para-hydroxylation sites is 1. The molecule has 1 unspecified atom stereocenters. The highest BCUT2D eigenvalue weighted by atomic mass is 32.1. The molecule has 0 saturated heterocycles. The first-order valence-corrected chi connectivity index (χ1v) is 10.7. The standard InChI is InChI=1S/C24H22N2O4S/c1-4-30-23(28)20-15(2)25-24-26(21(20)16-10-6-5-7-11-16)22(27)19(31-24)14-17-12-8-9-13-18(17)29-3/h5-14,21H,4H2,1-3H3/b19-14-. The Labute approximate surface area is 183 Å². The number of methoxy groups -OCH3 is 1. The number of benzene rings is 2. The molecule has 0 N–H and O–H groups in total. The number of aromatic nitrogens is 1. The number of thiazole rings is 1. The number of esters is 1. The number of hydrogen-bond donors (Lipinski definition) is 0. The normalized spacial score (nSPS) is 16.0. The van der Waals surface area contributed by atoms with E-state index in [0.717, 1.165) is 11.1 Å². The molecule has 7 heteroatoms. The van der Waals surface area contributed by atoms with Crippen LogP contribution in [0.3, 0.4) is 0 Å². The van der Waals surface area contributed by atoms with Crippen LogP contribution in [0.15, 0.2) is 75.7 Å². The molecule has 0 bridgehead atoms. The van der Waals surface area contributed by atoms with E-state index in [1.165, 1.54) is 11.3 Å². The highest BCUT2D eigenvalue weighted by Crippen LogP contribution is 2.30. The lowest BCUT2D eigenvalue weighted by molar-refractivity contribution is -0.139. The molecular formula is C24H22N2O4S. The van der Waals surface area contributed by atoms with Crippen LogP contribution in [0.2, 0.25) is 0 Å². The molecule has 31 heavy (non-hydrogen) atoms. The van der Waals surface area contributed by atoms with Crippen LogP contribution in [0.4, 0.5) is 0 Å². The van der Waals surface area contributed by atoms with Gasteiger partial charge in [0.05, 0.1) is 35.6 Å². The molecule has 0 saturated carbocycles. The summed E-state index contributed by atoms with van der Waals surface area (Å²) in [5.74, 6) is 0.216. The number of hydrogen-bond acceptors (Lipinski definition) is 6. The van der Waals surface area contributed by atoms with E-state index >= 15 is 0 Å². The molecule has 2 aromatic carbocycles. The van der Waals surface area contributed by atoms with Crippen LogP contribution in [-0.2, 0) is 9.53 Å². The molecule has 0 amide bonds. The monoisotopic (exact) mass is 434 g/mol. The third-order valence-corrected chi connectivity index (χ3v) is 6.04. The van der Waals surface area contributed by atoms with Gasteiger partial charge in [0.15, 0.2) is 4.80 Å². The Bertz CT molecular complexity index is 1340. The van der Waals surface area contributed by atoms with Crippen molar-refractivity contribution in [3.8, 4) is 5.75 Å². The molecule has 158 valence electrons. The molecule has 0 spiro atoms. The molecular weight excluding hydrogens is 412 g/mol. The maximum atomic E-state index is 13.5. The zero-order valence-electron chi connectivity index (χ0n) is 17.5. The molecule has 0 fully saturated rings. The average Bonchev–Trinajstić information content (AvgIpc) is 3.08. The molecule has 1 aliphatic heterocycles. The Hall–Kier alpha value is -3.45. The van der Waals surface area contributed by atoms with Gasteiger partial charge in [0.1, 0.15) is 5.75 Å². The van der Waals surface area contributed by atoms with Crippen LogP contribution >= 0.6 is 11.3 Å². The molecule has 1 atom stereocenters. The van der Waals surface area contributed by atoms with E-state index in [-0.39, 0.29) is 12.2 Å². The van der Waals surface area contributed by atoms with Crippen LogP contribution in [-0.4, -0.2) is 24.3 Å². The third-order valence-electron chi connectivity index (χ3n) is 5.06. The lowest BCUT2D eigenvalue weighted by Gasteiger charge is -2.24. The van der Waals surface area contributed by atoms with Gasteiger partial charge in [-0.05, 0) is 31.6 Å². The summed E-state index contributed by atoms with van der Waals surface area (Å²) in [4.78, 5) is 31.4. The second kappa shape index (κ2) is 8.73. The highest BCUT2D eigenvalue weighted by Gasteiger charge is 2.33. The highest BCUT2D eigenvalue weighted by molar-refractivity contribution is 7.07. The lowest BCUT2D eigenvalue weighted by atomic mass is 9.96. The third kappa shape index (κ3) is 3.84. The largest absolute Gasteiger partial charge is 0.496 e. The van der Waals surface area contributed by atoms with E-state index in [2.05, 4.69) is 4.99 Å². The van der Waals surface area contributed by atoms with Gasteiger partial charge in [-0.1, -0.05) is 59.9 Å². The molecule has 2 heterocycles. The van der Waals surface area contributed by atoms with Gasteiger partial charge in [-0.25, -0.2) is 9.79 Å². The molecule has 0 aliphatic carbocycles. The molecule has 6 nitrogen and oxygen atoms in total. The molecule has 4 rings (SSSR count). The number of carbonyl (C=O) groups excluding carboxylic acids is 1. The van der Waals surface area contributed by atoms with E-state index in [1.54, 1.807) is 31.6 Å². The number of nitrogens with zero attached hydrogens (tertiary/aromatic N) is 2. The van der Waals surface area contributed by atoms with E-state index in [0.29, 0.717) is 26.4 Å². The Morgan fingerprint density at radius 1 is 1.16 bits per heavy atom. The summed E-state index contributed by atoms with van der Waals surface area (Å²) in [5.41, 5.74) is 2.34. The summed E-state index contributed by atoms with van der Waals surface area (Å²) in [5, 5.41) is 0. The van der Waals surface area contributed by atoms with Crippen LogP contribution < -0.4 is 19.6 Å². The van der Waals surface area contributed by atoms with Crippen LogP contribution in [0.25, 0.3) is 6.08 Å². The maximum absolute atomic E-state index is 13.5. The predicted molar refractivity (Wildman–Crippen MR) is 120 cm³/mol. The Balaban J connectivity index is 1.97. The number of carbonyl (C=O) groups is 1. The van der Waals surface area contributed by atoms with Crippen LogP contribution in [0.5, 0.6) is 5.75 Å². The van der Waals surface area contributed by atoms with Crippen molar-refractivity contribution in [2.75, 3.05) is 13.7 Å². The van der Waals surface area contributed by atoms with Gasteiger partial charge < -0.3 is 9.47 Å². The zero-order valence-corrected chi connectivity index (χ0v) is 18.3. The van der Waals surface area contributed by atoms with E-state index in [4.69, 9.17) is 9.47 Å². The van der Waals surface area contributed by atoms with Crippen LogP contribution in [0, 0.1) is 0 Å². The van der Waals surface area contributed by atoms with Crippen molar-refractivity contribution in [1.29, 1.82) is 0 Å². The van der Waals surface area contributed by atoms with E-state index in [1.807, 2.05) is 54.6 Å². The topological polar surface area (TPSA) is 69.9 Å². The van der Waals surface area contributed by atoms with Gasteiger partial charge in [0, 0.05) is 5.56 Å². The number of rotatable bonds is 5. The SMILES string of the molecule is CCOC(=O)C1=C(C)N=c2s/c(=C\c3ccccc3OC)c(=O)n2C1c1ccccc1. The Morgan fingerprint density at radius 3 is 2.58 bits per heavy atom. The maximum Gasteiger partial charge on any atom is 0.338 e. The Morgan fingerprint density at radius 2 is 1.87 bits per heavy atom. The minimum atomic E-state index is -0.601. The van der Waals surface area contributed by atoms with Crippen molar-refractivity contribution < 1.29 is 14.3 Å². The molecule has 0 radical (unpaired) electrons. The summed E-state index contributed by atoms with van der Waals surface area (Å²) >= 11 is 1.29. The van der Waals surface area contributed by atoms with Gasteiger partial charge in [0.25, 0.3) is 5.56 Å². The van der Waals surface area contributed by atoms with Gasteiger partial charge in [-0.2, -0.15) is 0 Å². The Kier molecular flexibility index (Phi) is 5.86. The molecule has 1 aliphatic rings. The number of fused-ring (bicyclic) bond motifs is 1. The second-order valence-electron chi connectivity index (χ2n) is 6.95. The number of allylic oxidation sites excluding steroid dienone is 1. The smallest absolute Gasteiger partial charge is 0.338 e. The average molecular weight is 435 g/mol. The van der Waals surface area contributed by atoms with Gasteiger partial charge in [-0.15, -0.1) is 0 Å². The van der Waals surface area contributed by atoms with Crippen molar-refractivity contribution in [3.05, 3.63) is 96.7 Å². The first-order valence-electron chi connectivity index (χ1n) is 9.92. The van der Waals surface area contributed by atoms with Crippen LogP contribution in [0.1, 0.15) is 31.0 Å². The zero-order chi connectivity index (χ0) is 22.0. The van der Waals surface area contributed by atoms with Gasteiger partial charge >= 0.3 is 5.97 Å². The lowest BCUT2D eigenvalue weighted by Crippen LogP contribution is -2.39. The molecule has 3 aromatic rings. The summed E-state index contributed by atoms with van der Waals surface area (Å²) in [7, 11) is 1.60. The quantitative estimate of drug-likeness (QED) is 0.579. The van der Waals surface area contributed by atoms with E-state index < -0.39 is 12.0 Å². The van der Waals surface area contributed by atoms with Crippen molar-refractivity contribution in [1.82, 2.24) is 4.57 Å². The fourth-order valence-electron chi connectivity index (χ4n) is 3.67. The van der Waals surface area contributed by atoms with Crippen molar-refractivity contribution in [2.45, 2.75) is 19.9 Å². The minimum Gasteiger partial charge on any atom is -0.496 e. The second-order valence-corrected chi connectivity index (χ2v) is 7.96. The summed E-state index contributed by atoms with van der Waals surface area (Å²) in [6.45, 7) is 3.78. The van der Waals surface area contributed by atoms with Gasteiger partial charge in [-0.3, -0.25) is 9.36 Å². The predicted octanol–water partition coefficient (Wildman–Crippen LogP) is 2.81. The van der Waals surface area contributed by atoms with Crippen molar-refractivity contribution in [3.63, 3.8) is 0 Å². The summed E-state index contributed by atoms with van der Waals surface area (Å²) in [6, 6.07) is 16.4. The van der Waals surface area contributed by atoms with E-state index in [9.17, 15) is 9.59 Å². The van der Waals surface area contributed by atoms with Crippen molar-refractivity contribution >= 4 is 23.4 Å². The van der Waals surface area contributed by atoms with Gasteiger partial charge in [0.2, 0.25) is 0 Å². The first kappa shape index (κ1) is 20.8. The first-order chi connectivity index (χ1) is 15.0. The number of ether oxygens (including phenoxy) is 2. The fraction of sp³-hybridized carbons (Fsp3) is 0.208. The fourth-order valence-corrected chi connectivity index (χ4v) is 4.71. The summed E-state index contributed by atoms with van der Waals surface area (Å²) < 4.78 is 12.8. The molecule has 1 aromatic heterocycles. The minimum absolute atomic E-state index is 0.210. The van der Waals surface area contributed by atoms with Crippen molar-refractivity contribution in [2.24, 2.45) is 4.99 Å².